The van der Waals surface area contributed by atoms with Crippen LogP contribution in [0.15, 0.2) is 6.20 Å². The SMILES string of the molecule is O=C(O)c1cn(CCNS(=O)(=O)C2CCS(=O)(=O)C2)nn1. The first-order valence-electron chi connectivity index (χ1n) is 6.02. The molecule has 0 aliphatic carbocycles. The van der Waals surface area contributed by atoms with E-state index in [0.717, 1.165) is 0 Å². The average Bonchev–Trinajstić information content (AvgIpc) is 2.96. The Bertz CT molecular complexity index is 738. The molecule has 1 aromatic rings. The molecule has 0 aromatic carbocycles. The van der Waals surface area contributed by atoms with Crippen LogP contribution in [0.2, 0.25) is 0 Å². The second-order valence-corrected chi connectivity index (χ2v) is 8.91. The maximum atomic E-state index is 11.9. The normalized spacial score (nSPS) is 21.4. The second-order valence-electron chi connectivity index (χ2n) is 4.64. The first kappa shape index (κ1) is 15.9. The fraction of sp³-hybridized carbons (Fsp3) is 0.667. The molecule has 1 aliphatic heterocycles. The summed E-state index contributed by atoms with van der Waals surface area (Å²) in [5.74, 6) is -1.71. The quantitative estimate of drug-likeness (QED) is 0.610. The number of aromatic carboxylic acids is 1. The van der Waals surface area contributed by atoms with Gasteiger partial charge in [-0.2, -0.15) is 0 Å². The number of aromatic nitrogens is 3. The summed E-state index contributed by atoms with van der Waals surface area (Å²) in [5, 5.41) is 14.6. The van der Waals surface area contributed by atoms with Gasteiger partial charge in [0.2, 0.25) is 10.0 Å². The minimum absolute atomic E-state index is 0.0265. The highest BCUT2D eigenvalue weighted by Crippen LogP contribution is 2.17. The number of hydrogen-bond donors (Lipinski definition) is 2. The van der Waals surface area contributed by atoms with Crippen molar-refractivity contribution in [3.8, 4) is 0 Å². The molecule has 1 unspecified atom stereocenters. The van der Waals surface area contributed by atoms with Crippen LogP contribution < -0.4 is 4.72 Å². The summed E-state index contributed by atoms with van der Waals surface area (Å²) in [6.45, 7) is 0.0697. The predicted octanol–water partition coefficient (Wildman–Crippen LogP) is -1.92. The van der Waals surface area contributed by atoms with Crippen LogP contribution in [0, 0.1) is 0 Å². The van der Waals surface area contributed by atoms with E-state index in [0.29, 0.717) is 0 Å². The van der Waals surface area contributed by atoms with E-state index < -0.39 is 31.1 Å². The molecule has 1 aromatic heterocycles. The fourth-order valence-electron chi connectivity index (χ4n) is 1.93. The smallest absolute Gasteiger partial charge is 0.358 e. The van der Waals surface area contributed by atoms with Gasteiger partial charge in [-0.15, -0.1) is 5.10 Å². The minimum atomic E-state index is -3.72. The van der Waals surface area contributed by atoms with Gasteiger partial charge in [-0.1, -0.05) is 5.21 Å². The molecule has 2 N–H and O–H groups in total. The van der Waals surface area contributed by atoms with Crippen molar-refractivity contribution in [3.63, 3.8) is 0 Å². The van der Waals surface area contributed by atoms with Crippen molar-refractivity contribution in [2.75, 3.05) is 18.1 Å². The Kier molecular flexibility index (Phi) is 4.30. The van der Waals surface area contributed by atoms with Crippen molar-refractivity contribution in [2.45, 2.75) is 18.2 Å². The van der Waals surface area contributed by atoms with Gasteiger partial charge < -0.3 is 5.11 Å². The Morgan fingerprint density at radius 1 is 1.52 bits per heavy atom. The van der Waals surface area contributed by atoms with Gasteiger partial charge in [0.15, 0.2) is 15.5 Å². The van der Waals surface area contributed by atoms with Crippen LogP contribution in [0.25, 0.3) is 0 Å². The van der Waals surface area contributed by atoms with Crippen molar-refractivity contribution in [1.29, 1.82) is 0 Å². The van der Waals surface area contributed by atoms with Crippen LogP contribution in [-0.4, -0.2) is 66.2 Å². The predicted molar refractivity (Wildman–Crippen MR) is 71.0 cm³/mol. The van der Waals surface area contributed by atoms with Crippen molar-refractivity contribution < 1.29 is 26.7 Å². The maximum absolute atomic E-state index is 11.9. The van der Waals surface area contributed by atoms with Crippen LogP contribution in [-0.2, 0) is 26.4 Å². The Balaban J connectivity index is 1.89. The van der Waals surface area contributed by atoms with Gasteiger partial charge in [-0.25, -0.2) is 26.4 Å². The molecule has 0 amide bonds. The second kappa shape index (κ2) is 5.69. The molecule has 118 valence electrons. The van der Waals surface area contributed by atoms with Gasteiger partial charge in [0.05, 0.1) is 29.5 Å². The van der Waals surface area contributed by atoms with Crippen LogP contribution >= 0.6 is 0 Å². The monoisotopic (exact) mass is 338 g/mol. The zero-order valence-corrected chi connectivity index (χ0v) is 12.5. The molecule has 0 spiro atoms. The van der Waals surface area contributed by atoms with Gasteiger partial charge in [-0.3, -0.25) is 4.68 Å². The number of carboxylic acid groups (broad SMARTS) is 1. The molecule has 1 atom stereocenters. The van der Waals surface area contributed by atoms with E-state index in [2.05, 4.69) is 15.0 Å². The summed E-state index contributed by atoms with van der Waals surface area (Å²) in [4.78, 5) is 10.6. The number of carbonyl (C=O) groups is 1. The highest BCUT2D eigenvalue weighted by Gasteiger charge is 2.36. The average molecular weight is 338 g/mol. The first-order chi connectivity index (χ1) is 9.70. The first-order valence-corrected chi connectivity index (χ1v) is 9.39. The third-order valence-electron chi connectivity index (χ3n) is 3.03. The number of rotatable bonds is 6. The third kappa shape index (κ3) is 3.98. The number of nitrogens with zero attached hydrogens (tertiary/aromatic N) is 3. The number of nitrogens with one attached hydrogen (secondary N) is 1. The Hall–Kier alpha value is -1.53. The maximum Gasteiger partial charge on any atom is 0.358 e. The molecule has 2 heterocycles. The van der Waals surface area contributed by atoms with Gasteiger partial charge in [0, 0.05) is 6.54 Å². The molecule has 1 fully saturated rings. The highest BCUT2D eigenvalue weighted by molar-refractivity contribution is 7.95. The highest BCUT2D eigenvalue weighted by atomic mass is 32.2. The summed E-state index contributed by atoms with van der Waals surface area (Å²) in [6, 6.07) is 0. The standard InChI is InChI=1S/C9H14N4O6S2/c14-9(15)8-5-13(12-11-8)3-2-10-21(18,19)7-1-4-20(16,17)6-7/h5,7,10H,1-4,6H2,(H,14,15). The van der Waals surface area contributed by atoms with E-state index in [1.54, 1.807) is 0 Å². The van der Waals surface area contributed by atoms with E-state index in [9.17, 15) is 21.6 Å². The molecular formula is C9H14N4O6S2. The topological polar surface area (TPSA) is 148 Å². The molecule has 0 saturated carbocycles. The van der Waals surface area contributed by atoms with E-state index in [1.165, 1.54) is 10.9 Å². The lowest BCUT2D eigenvalue weighted by molar-refractivity contribution is 0.0690. The Morgan fingerprint density at radius 3 is 2.76 bits per heavy atom. The number of carboxylic acids is 1. The molecular weight excluding hydrogens is 324 g/mol. The number of hydrogen-bond acceptors (Lipinski definition) is 7. The zero-order valence-electron chi connectivity index (χ0n) is 10.8. The third-order valence-corrected chi connectivity index (χ3v) is 6.90. The summed E-state index contributed by atoms with van der Waals surface area (Å²) in [6.07, 6.45) is 1.26. The minimum Gasteiger partial charge on any atom is -0.476 e. The summed E-state index contributed by atoms with van der Waals surface area (Å²) in [7, 11) is -6.99. The van der Waals surface area contributed by atoms with Gasteiger partial charge in [0.25, 0.3) is 0 Å². The number of sulfone groups is 1. The Morgan fingerprint density at radius 2 is 2.24 bits per heavy atom. The van der Waals surface area contributed by atoms with Crippen LogP contribution in [0.3, 0.4) is 0 Å². The van der Waals surface area contributed by atoms with E-state index in [1.807, 2.05) is 0 Å². The molecule has 0 radical (unpaired) electrons. The largest absolute Gasteiger partial charge is 0.476 e. The van der Waals surface area contributed by atoms with Crippen molar-refractivity contribution in [3.05, 3.63) is 11.9 Å². The molecule has 0 bridgehead atoms. The molecule has 1 saturated heterocycles. The van der Waals surface area contributed by atoms with Crippen molar-refractivity contribution in [1.82, 2.24) is 19.7 Å². The Labute approximate surface area is 121 Å². The fourth-order valence-corrected chi connectivity index (χ4v) is 6.00. The lowest BCUT2D eigenvalue weighted by Crippen LogP contribution is -2.36. The lowest BCUT2D eigenvalue weighted by atomic mass is 10.4. The summed E-state index contributed by atoms with van der Waals surface area (Å²) >= 11 is 0. The van der Waals surface area contributed by atoms with E-state index >= 15 is 0 Å². The van der Waals surface area contributed by atoms with Gasteiger partial charge in [0.1, 0.15) is 0 Å². The van der Waals surface area contributed by atoms with Crippen LogP contribution in [0.4, 0.5) is 0 Å². The van der Waals surface area contributed by atoms with Gasteiger partial charge in [-0.05, 0) is 6.42 Å². The molecule has 2 rings (SSSR count). The molecule has 10 nitrogen and oxygen atoms in total. The summed E-state index contributed by atoms with van der Waals surface area (Å²) in [5.41, 5.74) is -0.236. The summed E-state index contributed by atoms with van der Waals surface area (Å²) < 4.78 is 49.9. The van der Waals surface area contributed by atoms with Crippen LogP contribution in [0.1, 0.15) is 16.9 Å². The molecule has 21 heavy (non-hydrogen) atoms. The molecule has 1 aliphatic rings. The van der Waals surface area contributed by atoms with Gasteiger partial charge >= 0.3 is 5.97 Å². The van der Waals surface area contributed by atoms with E-state index in [-0.39, 0.29) is 36.7 Å². The van der Waals surface area contributed by atoms with E-state index in [4.69, 9.17) is 5.11 Å². The molecule has 12 heteroatoms. The lowest BCUT2D eigenvalue weighted by Gasteiger charge is -2.11. The number of sulfonamides is 1. The van der Waals surface area contributed by atoms with Crippen molar-refractivity contribution >= 4 is 25.8 Å². The van der Waals surface area contributed by atoms with Crippen LogP contribution in [0.5, 0.6) is 0 Å². The van der Waals surface area contributed by atoms with Crippen molar-refractivity contribution in [2.24, 2.45) is 0 Å². The zero-order chi connectivity index (χ0) is 15.7.